The summed E-state index contributed by atoms with van der Waals surface area (Å²) in [6.07, 6.45) is 12.0. The van der Waals surface area contributed by atoms with Crippen molar-refractivity contribution in [2.75, 3.05) is 19.1 Å². The second kappa shape index (κ2) is 8.04. The van der Waals surface area contributed by atoms with Crippen LogP contribution in [0.3, 0.4) is 0 Å². The average Bonchev–Trinajstić information content (AvgIpc) is 3.10. The molecule has 0 unspecified atom stereocenters. The maximum Gasteiger partial charge on any atom is 0.355 e. The van der Waals surface area contributed by atoms with Gasteiger partial charge in [0.15, 0.2) is 0 Å². The van der Waals surface area contributed by atoms with E-state index < -0.39 is 11.9 Å². The highest BCUT2D eigenvalue weighted by Crippen LogP contribution is 2.30. The summed E-state index contributed by atoms with van der Waals surface area (Å²) >= 11 is 0. The normalized spacial score (nSPS) is 13.5. The Morgan fingerprint density at radius 3 is 2.63 bits per heavy atom. The van der Waals surface area contributed by atoms with E-state index in [1.807, 2.05) is 47.1 Å². The molecule has 8 heteroatoms. The first kappa shape index (κ1) is 19.1. The zero-order chi connectivity index (χ0) is 21.1. The zero-order valence-corrected chi connectivity index (χ0v) is 16.4. The highest BCUT2D eigenvalue weighted by Gasteiger charge is 2.27. The lowest BCUT2D eigenvalue weighted by Crippen LogP contribution is -2.26. The molecule has 3 heterocycles. The van der Waals surface area contributed by atoms with Crippen molar-refractivity contribution in [1.29, 1.82) is 0 Å². The minimum atomic E-state index is -0.658. The van der Waals surface area contributed by atoms with Crippen LogP contribution in [-0.2, 0) is 19.1 Å². The van der Waals surface area contributed by atoms with Crippen LogP contribution in [0, 0.1) is 0 Å². The first-order valence-corrected chi connectivity index (χ1v) is 9.07. The first-order valence-electron chi connectivity index (χ1n) is 9.07. The van der Waals surface area contributed by atoms with E-state index >= 15 is 0 Å². The minimum absolute atomic E-state index is 0.0585. The van der Waals surface area contributed by atoms with Crippen LogP contribution in [0.4, 0.5) is 5.69 Å². The van der Waals surface area contributed by atoms with E-state index in [1.54, 1.807) is 29.4 Å². The van der Waals surface area contributed by atoms with Crippen LogP contribution in [0.15, 0.2) is 84.6 Å². The summed E-state index contributed by atoms with van der Waals surface area (Å²) in [5.74, 6) is -0.711. The van der Waals surface area contributed by atoms with Gasteiger partial charge in [0.2, 0.25) is 5.78 Å². The maximum absolute atomic E-state index is 12.6. The number of benzene rings is 1. The molecule has 0 radical (unpaired) electrons. The quantitative estimate of drug-likeness (QED) is 0.620. The monoisotopic (exact) mass is 402 g/mol. The van der Waals surface area contributed by atoms with Crippen molar-refractivity contribution < 1.29 is 19.1 Å². The summed E-state index contributed by atoms with van der Waals surface area (Å²) in [4.78, 5) is 35.3. The lowest BCUT2D eigenvalue weighted by Gasteiger charge is -2.23. The lowest BCUT2D eigenvalue weighted by atomic mass is 10.1. The largest absolute Gasteiger partial charge is 0.465 e. The molecule has 8 nitrogen and oxygen atoms in total. The number of methoxy groups -OCH3 is 2. The third-order valence-corrected chi connectivity index (χ3v) is 4.54. The minimum Gasteiger partial charge on any atom is -0.465 e. The number of esters is 2. The van der Waals surface area contributed by atoms with E-state index in [-0.39, 0.29) is 11.3 Å². The third-order valence-electron chi connectivity index (χ3n) is 4.54. The molecule has 2 aromatic heterocycles. The third kappa shape index (κ3) is 3.46. The molecule has 0 saturated heterocycles. The van der Waals surface area contributed by atoms with Crippen molar-refractivity contribution in [2.24, 2.45) is 0 Å². The van der Waals surface area contributed by atoms with E-state index in [9.17, 15) is 9.59 Å². The number of hydrogen-bond acceptors (Lipinski definition) is 7. The van der Waals surface area contributed by atoms with Gasteiger partial charge in [-0.05, 0) is 30.4 Å². The van der Waals surface area contributed by atoms with Crippen molar-refractivity contribution in [2.45, 2.75) is 0 Å². The number of anilines is 1. The average molecular weight is 402 g/mol. The van der Waals surface area contributed by atoms with E-state index in [0.717, 1.165) is 11.3 Å². The number of carbonyl (C=O) groups is 2. The Morgan fingerprint density at radius 1 is 1.03 bits per heavy atom. The molecule has 0 bridgehead atoms. The number of fused-ring (bicyclic) bond motifs is 1. The fourth-order valence-electron chi connectivity index (χ4n) is 3.15. The number of carbonyl (C=O) groups excluding carboxylic acids is 2. The summed E-state index contributed by atoms with van der Waals surface area (Å²) in [5.41, 5.74) is 2.36. The Labute approximate surface area is 172 Å². The van der Waals surface area contributed by atoms with Crippen molar-refractivity contribution in [3.05, 3.63) is 84.6 Å². The molecule has 4 rings (SSSR count). The fourth-order valence-corrected chi connectivity index (χ4v) is 3.15. The van der Waals surface area contributed by atoms with E-state index in [1.165, 1.54) is 20.3 Å². The molecular formula is C22H18N4O4. The van der Waals surface area contributed by atoms with E-state index in [0.29, 0.717) is 11.5 Å². The van der Waals surface area contributed by atoms with Gasteiger partial charge in [-0.25, -0.2) is 19.6 Å². The van der Waals surface area contributed by atoms with Crippen LogP contribution in [0.5, 0.6) is 0 Å². The lowest BCUT2D eigenvalue weighted by molar-refractivity contribution is -0.139. The van der Waals surface area contributed by atoms with Gasteiger partial charge in [-0.2, -0.15) is 0 Å². The molecule has 3 aromatic rings. The topological polar surface area (TPSA) is 86.0 Å². The van der Waals surface area contributed by atoms with Crippen LogP contribution in [-0.4, -0.2) is 40.5 Å². The van der Waals surface area contributed by atoms with Crippen molar-refractivity contribution in [1.82, 2.24) is 14.4 Å². The molecule has 0 aliphatic carbocycles. The molecule has 0 amide bonds. The van der Waals surface area contributed by atoms with Crippen molar-refractivity contribution in [3.8, 4) is 11.3 Å². The summed E-state index contributed by atoms with van der Waals surface area (Å²) in [6.45, 7) is 0. The summed E-state index contributed by atoms with van der Waals surface area (Å²) in [6, 6.07) is 9.28. The predicted octanol–water partition coefficient (Wildman–Crippen LogP) is 2.89. The van der Waals surface area contributed by atoms with Gasteiger partial charge in [0.1, 0.15) is 5.70 Å². The first-order chi connectivity index (χ1) is 14.6. The molecule has 0 atom stereocenters. The molecular weight excluding hydrogens is 384 g/mol. The molecule has 0 saturated carbocycles. The highest BCUT2D eigenvalue weighted by atomic mass is 16.5. The molecule has 0 spiro atoms. The number of aromatic nitrogens is 3. The van der Waals surface area contributed by atoms with Crippen LogP contribution < -0.4 is 4.90 Å². The standard InChI is InChI=1S/C22H18N4O4/c1-29-20(27)17-9-3-4-12-26(19(17)21(28)30-2)16-8-5-7-15(13-16)18-14-25-11-6-10-23-22(25)24-18/h3-14H,1-2H3. The second-order valence-corrected chi connectivity index (χ2v) is 6.32. The molecule has 1 aromatic carbocycles. The van der Waals surface area contributed by atoms with Gasteiger partial charge in [-0.3, -0.25) is 4.40 Å². The maximum atomic E-state index is 12.6. The van der Waals surface area contributed by atoms with Crippen LogP contribution in [0.25, 0.3) is 17.0 Å². The van der Waals surface area contributed by atoms with Gasteiger partial charge in [0, 0.05) is 36.0 Å². The predicted molar refractivity (Wildman–Crippen MR) is 110 cm³/mol. The molecule has 1 aliphatic heterocycles. The van der Waals surface area contributed by atoms with Crippen LogP contribution in [0.2, 0.25) is 0 Å². The highest BCUT2D eigenvalue weighted by molar-refractivity contribution is 6.05. The zero-order valence-electron chi connectivity index (χ0n) is 16.4. The second-order valence-electron chi connectivity index (χ2n) is 6.32. The number of ether oxygens (including phenoxy) is 2. The Morgan fingerprint density at radius 2 is 1.87 bits per heavy atom. The summed E-state index contributed by atoms with van der Waals surface area (Å²) < 4.78 is 11.6. The van der Waals surface area contributed by atoms with Crippen molar-refractivity contribution >= 4 is 23.4 Å². The van der Waals surface area contributed by atoms with Gasteiger partial charge < -0.3 is 14.4 Å². The number of allylic oxidation sites excluding steroid dienone is 2. The Balaban J connectivity index is 1.83. The summed E-state index contributed by atoms with van der Waals surface area (Å²) in [5, 5.41) is 0. The molecule has 30 heavy (non-hydrogen) atoms. The SMILES string of the molecule is COC(=O)C1=C(C(=O)OC)N(c2cccc(-c3cn4cccnc4n3)c2)C=CC=C1. The van der Waals surface area contributed by atoms with E-state index in [4.69, 9.17) is 9.47 Å². The molecule has 150 valence electrons. The number of nitrogens with zero attached hydrogens (tertiary/aromatic N) is 4. The molecule has 0 fully saturated rings. The van der Waals surface area contributed by atoms with Crippen LogP contribution in [0.1, 0.15) is 0 Å². The Kier molecular flexibility index (Phi) is 5.13. The van der Waals surface area contributed by atoms with Crippen LogP contribution >= 0.6 is 0 Å². The molecule has 0 N–H and O–H groups in total. The number of rotatable bonds is 4. The van der Waals surface area contributed by atoms with Crippen molar-refractivity contribution in [3.63, 3.8) is 0 Å². The number of imidazole rings is 1. The fraction of sp³-hybridized carbons (Fsp3) is 0.0909. The Bertz CT molecular complexity index is 1190. The van der Waals surface area contributed by atoms with Gasteiger partial charge >= 0.3 is 11.9 Å². The Hall–Kier alpha value is -4.20. The van der Waals surface area contributed by atoms with Gasteiger partial charge in [-0.1, -0.05) is 18.2 Å². The number of hydrogen-bond donors (Lipinski definition) is 0. The smallest absolute Gasteiger partial charge is 0.355 e. The van der Waals surface area contributed by atoms with Gasteiger partial charge in [0.05, 0.1) is 25.5 Å². The summed E-state index contributed by atoms with van der Waals surface area (Å²) in [7, 11) is 2.53. The van der Waals surface area contributed by atoms with Gasteiger partial charge in [-0.15, -0.1) is 0 Å². The van der Waals surface area contributed by atoms with E-state index in [2.05, 4.69) is 9.97 Å². The molecule has 1 aliphatic rings. The van der Waals surface area contributed by atoms with Gasteiger partial charge in [0.25, 0.3) is 0 Å².